The minimum Gasteiger partial charge on any atom is -0.495 e. The zero-order valence-electron chi connectivity index (χ0n) is 32.7. The molecule has 0 aromatic rings. The zero-order chi connectivity index (χ0) is 34.5. The summed E-state index contributed by atoms with van der Waals surface area (Å²) in [6.07, 6.45) is 39.0. The number of allylic oxidation sites excluding steroid dienone is 1. The average Bonchev–Trinajstić information content (AvgIpc) is 3.07. The molecule has 0 rings (SSSR count). The molecule has 4 heteroatoms. The Bertz CT molecular complexity index is 651. The Kier molecular flexibility index (Phi) is 37.0. The summed E-state index contributed by atoms with van der Waals surface area (Å²) in [5.74, 6) is 1.04. The van der Waals surface area contributed by atoms with Gasteiger partial charge in [0.15, 0.2) is 0 Å². The molecule has 0 fully saturated rings. The van der Waals surface area contributed by atoms with Gasteiger partial charge < -0.3 is 14.4 Å². The van der Waals surface area contributed by atoms with Gasteiger partial charge in [-0.25, -0.2) is 0 Å². The Hall–Kier alpha value is -1.03. The fourth-order valence-electron chi connectivity index (χ4n) is 6.58. The minimum atomic E-state index is 0.00650. The first-order chi connectivity index (χ1) is 23.1. The van der Waals surface area contributed by atoms with Gasteiger partial charge in [-0.2, -0.15) is 0 Å². The summed E-state index contributed by atoms with van der Waals surface area (Å²) in [4.78, 5) is 14.6. The van der Waals surface area contributed by atoms with E-state index in [4.69, 9.17) is 9.47 Å². The van der Waals surface area contributed by atoms with Gasteiger partial charge in [0.2, 0.25) is 0 Å². The van der Waals surface area contributed by atoms with E-state index in [2.05, 4.69) is 39.2 Å². The van der Waals surface area contributed by atoms with Crippen LogP contribution >= 0.6 is 0 Å². The number of carbonyl (C=O) groups is 1. The summed E-state index contributed by atoms with van der Waals surface area (Å²) in [6, 6.07) is 0. The Morgan fingerprint density at radius 3 is 1.43 bits per heavy atom. The number of esters is 1. The molecule has 0 bridgehead atoms. The van der Waals surface area contributed by atoms with Gasteiger partial charge in [0.25, 0.3) is 0 Å². The van der Waals surface area contributed by atoms with Gasteiger partial charge in [-0.1, -0.05) is 163 Å². The number of ether oxygens (including phenoxy) is 2. The predicted octanol–water partition coefficient (Wildman–Crippen LogP) is 13.9. The van der Waals surface area contributed by atoms with E-state index in [0.717, 1.165) is 38.0 Å². The third-order valence-corrected chi connectivity index (χ3v) is 9.84. The monoisotopic (exact) mass is 664 g/mol. The molecule has 0 aliphatic carbocycles. The molecule has 1 unspecified atom stereocenters. The van der Waals surface area contributed by atoms with E-state index in [1.54, 1.807) is 0 Å². The van der Waals surface area contributed by atoms with Crippen LogP contribution in [0.25, 0.3) is 0 Å². The van der Waals surface area contributed by atoms with Crippen molar-refractivity contribution in [2.45, 2.75) is 233 Å². The maximum Gasteiger partial charge on any atom is 0.305 e. The molecule has 0 saturated heterocycles. The number of hydrogen-bond acceptors (Lipinski definition) is 4. The highest BCUT2D eigenvalue weighted by Gasteiger charge is 2.11. The van der Waals surface area contributed by atoms with Gasteiger partial charge >= 0.3 is 5.97 Å². The average molecular weight is 664 g/mol. The van der Waals surface area contributed by atoms with Crippen molar-refractivity contribution < 1.29 is 14.3 Å². The lowest BCUT2D eigenvalue weighted by Crippen LogP contribution is -2.25. The van der Waals surface area contributed by atoms with Gasteiger partial charge in [-0.15, -0.1) is 0 Å². The molecule has 0 radical (unpaired) electrons. The molecule has 47 heavy (non-hydrogen) atoms. The highest BCUT2D eigenvalue weighted by atomic mass is 16.5. The lowest BCUT2D eigenvalue weighted by molar-refractivity contribution is -0.143. The molecule has 1 atom stereocenters. The highest BCUT2D eigenvalue weighted by molar-refractivity contribution is 5.69. The van der Waals surface area contributed by atoms with Crippen LogP contribution < -0.4 is 0 Å². The third-order valence-electron chi connectivity index (χ3n) is 9.84. The second-order valence-electron chi connectivity index (χ2n) is 14.5. The van der Waals surface area contributed by atoms with Crippen LogP contribution in [0.2, 0.25) is 0 Å². The minimum absolute atomic E-state index is 0.00650. The SMILES string of the molecule is C=C(CCCCCCCN(CC)CCCCCCCC(=O)OCCCCCCCCC)OC(CCCCCC)CCCCCCCC. The van der Waals surface area contributed by atoms with Crippen molar-refractivity contribution in [3.8, 4) is 0 Å². The maximum absolute atomic E-state index is 12.0. The summed E-state index contributed by atoms with van der Waals surface area (Å²) in [6.45, 7) is 17.7. The van der Waals surface area contributed by atoms with Crippen molar-refractivity contribution in [1.82, 2.24) is 4.90 Å². The standard InChI is InChI=1S/C43H85NO3/c1-6-10-13-16-18-26-33-40-46-43(45)37-30-23-20-25-32-39-44(9-4)38-31-24-19-21-27-34-41(5)47-42(35-28-15-12-8-3)36-29-22-17-14-11-7-2/h42H,5-40H2,1-4H3. The van der Waals surface area contributed by atoms with Gasteiger partial charge in [0.1, 0.15) is 0 Å². The lowest BCUT2D eigenvalue weighted by atomic mass is 10.0. The maximum atomic E-state index is 12.0. The number of unbranched alkanes of at least 4 members (excludes halogenated alkanes) is 22. The van der Waals surface area contributed by atoms with Gasteiger partial charge in [-0.05, 0) is 77.4 Å². The fraction of sp³-hybridized carbons (Fsp3) is 0.930. The molecule has 0 aromatic heterocycles. The van der Waals surface area contributed by atoms with E-state index in [1.165, 1.54) is 180 Å². The van der Waals surface area contributed by atoms with Gasteiger partial charge in [0, 0.05) is 12.8 Å². The van der Waals surface area contributed by atoms with Crippen LogP contribution in [0.5, 0.6) is 0 Å². The van der Waals surface area contributed by atoms with Crippen molar-refractivity contribution in [3.63, 3.8) is 0 Å². The van der Waals surface area contributed by atoms with Gasteiger partial charge in [-0.3, -0.25) is 4.79 Å². The van der Waals surface area contributed by atoms with Crippen molar-refractivity contribution >= 4 is 5.97 Å². The first-order valence-electron chi connectivity index (χ1n) is 21.3. The molecule has 0 aliphatic heterocycles. The molecule has 4 nitrogen and oxygen atoms in total. The molecule has 0 aliphatic rings. The van der Waals surface area contributed by atoms with Gasteiger partial charge in [0.05, 0.1) is 18.5 Å². The Morgan fingerprint density at radius 2 is 0.915 bits per heavy atom. The van der Waals surface area contributed by atoms with Crippen LogP contribution in [0.4, 0.5) is 0 Å². The Morgan fingerprint density at radius 1 is 0.511 bits per heavy atom. The number of carbonyl (C=O) groups excluding carboxylic acids is 1. The lowest BCUT2D eigenvalue weighted by Gasteiger charge is -2.21. The van der Waals surface area contributed by atoms with E-state index in [-0.39, 0.29) is 5.97 Å². The molecule has 0 spiro atoms. The first-order valence-corrected chi connectivity index (χ1v) is 21.3. The molecule has 0 heterocycles. The second kappa shape index (κ2) is 37.8. The van der Waals surface area contributed by atoms with E-state index < -0.39 is 0 Å². The van der Waals surface area contributed by atoms with Crippen LogP contribution in [0.15, 0.2) is 12.3 Å². The van der Waals surface area contributed by atoms with Crippen molar-refractivity contribution in [1.29, 1.82) is 0 Å². The summed E-state index contributed by atoms with van der Waals surface area (Å²) in [5, 5.41) is 0. The van der Waals surface area contributed by atoms with Crippen LogP contribution in [0, 0.1) is 0 Å². The second-order valence-corrected chi connectivity index (χ2v) is 14.5. The van der Waals surface area contributed by atoms with E-state index in [9.17, 15) is 4.79 Å². The first kappa shape index (κ1) is 46.0. The molecule has 0 N–H and O–H groups in total. The van der Waals surface area contributed by atoms with E-state index in [1.807, 2.05) is 0 Å². The molecule has 0 amide bonds. The number of rotatable bonds is 39. The molecular weight excluding hydrogens is 578 g/mol. The Labute approximate surface area is 296 Å². The third kappa shape index (κ3) is 34.6. The summed E-state index contributed by atoms with van der Waals surface area (Å²) >= 11 is 0. The van der Waals surface area contributed by atoms with Crippen molar-refractivity contribution in [2.24, 2.45) is 0 Å². The van der Waals surface area contributed by atoms with Crippen molar-refractivity contribution in [2.75, 3.05) is 26.2 Å². The largest absolute Gasteiger partial charge is 0.495 e. The molecule has 280 valence electrons. The highest BCUT2D eigenvalue weighted by Crippen LogP contribution is 2.21. The topological polar surface area (TPSA) is 38.8 Å². The Balaban J connectivity index is 3.78. The van der Waals surface area contributed by atoms with Crippen molar-refractivity contribution in [3.05, 3.63) is 12.3 Å². The fourth-order valence-corrected chi connectivity index (χ4v) is 6.58. The molecular formula is C43H85NO3. The summed E-state index contributed by atoms with van der Waals surface area (Å²) < 4.78 is 11.8. The van der Waals surface area contributed by atoms with Crippen LogP contribution in [-0.2, 0) is 14.3 Å². The normalized spacial score (nSPS) is 12.1. The number of hydrogen-bond donors (Lipinski definition) is 0. The molecule has 0 saturated carbocycles. The predicted molar refractivity (Wildman–Crippen MR) is 207 cm³/mol. The van der Waals surface area contributed by atoms with Crippen LogP contribution in [0.3, 0.4) is 0 Å². The summed E-state index contributed by atoms with van der Waals surface area (Å²) in [5.41, 5.74) is 0. The zero-order valence-corrected chi connectivity index (χ0v) is 32.7. The van der Waals surface area contributed by atoms with Crippen LogP contribution in [0.1, 0.15) is 227 Å². The van der Waals surface area contributed by atoms with Crippen LogP contribution in [-0.4, -0.2) is 43.2 Å². The quantitative estimate of drug-likeness (QED) is 0.0373. The smallest absolute Gasteiger partial charge is 0.305 e. The molecule has 0 aromatic carbocycles. The van der Waals surface area contributed by atoms with E-state index in [0.29, 0.717) is 19.1 Å². The van der Waals surface area contributed by atoms with E-state index >= 15 is 0 Å². The number of nitrogens with zero attached hydrogens (tertiary/aromatic N) is 1. The summed E-state index contributed by atoms with van der Waals surface area (Å²) in [7, 11) is 0.